The Bertz CT molecular complexity index is 1150. The van der Waals surface area contributed by atoms with Crippen molar-refractivity contribution in [3.05, 3.63) is 47.0 Å². The molecule has 5 rings (SSSR count). The summed E-state index contributed by atoms with van der Waals surface area (Å²) in [5, 5.41) is 56.9. The monoisotopic (exact) mass is 502 g/mol. The fraction of sp³-hybridized carbons (Fsp3) is 0.630. The number of aliphatic hydroxyl groups excluding tert-OH is 3. The van der Waals surface area contributed by atoms with Crippen LogP contribution in [0.5, 0.6) is 0 Å². The molecule has 0 amide bonds. The molecule has 9 heteroatoms. The molecule has 36 heavy (non-hydrogen) atoms. The molecule has 9 nitrogen and oxygen atoms in total. The molecule has 5 N–H and O–H groups in total. The minimum Gasteiger partial charge on any atom is -0.457 e. The van der Waals surface area contributed by atoms with Gasteiger partial charge in [-0.15, -0.1) is 0 Å². The van der Waals surface area contributed by atoms with Gasteiger partial charge in [0.1, 0.15) is 17.3 Å². The Morgan fingerprint density at radius 2 is 1.75 bits per heavy atom. The molecule has 1 aromatic carbocycles. The summed E-state index contributed by atoms with van der Waals surface area (Å²) in [5.74, 6) is -3.11. The Morgan fingerprint density at radius 1 is 1.11 bits per heavy atom. The van der Waals surface area contributed by atoms with Gasteiger partial charge in [0.25, 0.3) is 0 Å². The van der Waals surface area contributed by atoms with Crippen LogP contribution in [0.25, 0.3) is 0 Å². The first-order valence-electron chi connectivity index (χ1n) is 12.4. The van der Waals surface area contributed by atoms with Crippen LogP contribution in [0.15, 0.2) is 41.5 Å². The quantitative estimate of drug-likeness (QED) is 0.299. The minimum absolute atomic E-state index is 0.242. The third-order valence-corrected chi connectivity index (χ3v) is 9.81. The molecule has 196 valence electrons. The second-order valence-corrected chi connectivity index (χ2v) is 11.6. The summed E-state index contributed by atoms with van der Waals surface area (Å²) in [6, 6.07) is 8.24. The van der Waals surface area contributed by atoms with Crippen LogP contribution in [0.4, 0.5) is 0 Å². The number of fused-ring (bicyclic) bond motifs is 2. The van der Waals surface area contributed by atoms with Crippen LogP contribution < -0.4 is 0 Å². The normalized spacial score (nSPS) is 45.0. The van der Waals surface area contributed by atoms with Crippen LogP contribution in [0, 0.1) is 16.7 Å². The maximum atomic E-state index is 13.6. The van der Waals surface area contributed by atoms with Crippen molar-refractivity contribution in [2.24, 2.45) is 16.7 Å². The first kappa shape index (κ1) is 25.4. The molecular formula is C27H34O9. The fourth-order valence-electron chi connectivity index (χ4n) is 7.92. The second kappa shape index (κ2) is 7.61. The first-order valence-corrected chi connectivity index (χ1v) is 12.4. The standard InChI is InChI=1S/C27H34O9/c1-14-10-11-25-18(14)27(34,22(32)36-23(25,2)3)24(4)16(29)12-17(30)26(33,13-28)19(24)20(25)35-21(31)15-8-6-5-7-9-15/h5-9,16-17,19-20,28-30,33-34H,10-13H2,1-4H3. The maximum absolute atomic E-state index is 13.6. The van der Waals surface area contributed by atoms with Crippen molar-refractivity contribution >= 4 is 11.9 Å². The molecule has 2 saturated carbocycles. The van der Waals surface area contributed by atoms with Gasteiger partial charge in [-0.05, 0) is 51.3 Å². The lowest BCUT2D eigenvalue weighted by Gasteiger charge is -2.71. The topological polar surface area (TPSA) is 154 Å². The molecule has 1 aliphatic heterocycles. The highest BCUT2D eigenvalue weighted by atomic mass is 16.6. The van der Waals surface area contributed by atoms with Crippen LogP contribution in [-0.2, 0) is 14.3 Å². The SMILES string of the molecule is CC1=C2C3(O)C(=O)OC(C)(C)C2(CC1)C(OC(=O)c1ccccc1)C1C(O)(CO)C(O)CC(O)C13C. The van der Waals surface area contributed by atoms with Gasteiger partial charge >= 0.3 is 11.9 Å². The number of cyclic esters (lactones) is 1. The van der Waals surface area contributed by atoms with Gasteiger partial charge in [0, 0.05) is 17.8 Å². The molecule has 8 atom stereocenters. The van der Waals surface area contributed by atoms with Crippen LogP contribution in [0.2, 0.25) is 0 Å². The number of allylic oxidation sites excluding steroid dienone is 1. The number of carbonyl (C=O) groups is 2. The number of benzene rings is 1. The highest BCUT2D eigenvalue weighted by molar-refractivity contribution is 5.91. The lowest BCUT2D eigenvalue weighted by atomic mass is 9.38. The van der Waals surface area contributed by atoms with E-state index in [1.54, 1.807) is 51.1 Å². The van der Waals surface area contributed by atoms with Crippen LogP contribution in [0.1, 0.15) is 57.3 Å². The van der Waals surface area contributed by atoms with Crippen molar-refractivity contribution in [3.63, 3.8) is 0 Å². The summed E-state index contributed by atoms with van der Waals surface area (Å²) in [4.78, 5) is 27.1. The molecule has 4 aliphatic rings. The number of hydrogen-bond acceptors (Lipinski definition) is 9. The van der Waals surface area contributed by atoms with E-state index in [-0.39, 0.29) is 5.56 Å². The molecule has 0 spiro atoms. The fourth-order valence-corrected chi connectivity index (χ4v) is 7.92. The first-order chi connectivity index (χ1) is 16.7. The van der Waals surface area contributed by atoms with Gasteiger partial charge in [-0.25, -0.2) is 9.59 Å². The highest BCUT2D eigenvalue weighted by Gasteiger charge is 2.85. The van der Waals surface area contributed by atoms with E-state index in [1.807, 2.05) is 0 Å². The van der Waals surface area contributed by atoms with E-state index in [0.717, 1.165) is 0 Å². The molecule has 0 radical (unpaired) electrons. The van der Waals surface area contributed by atoms with Crippen LogP contribution >= 0.6 is 0 Å². The summed E-state index contributed by atoms with van der Waals surface area (Å²) in [5.41, 5.74) is -7.84. The largest absolute Gasteiger partial charge is 0.457 e. The molecule has 3 fully saturated rings. The minimum atomic E-state index is -2.38. The van der Waals surface area contributed by atoms with Gasteiger partial charge in [-0.2, -0.15) is 0 Å². The van der Waals surface area contributed by atoms with Crippen molar-refractivity contribution in [2.75, 3.05) is 6.61 Å². The molecule has 8 unspecified atom stereocenters. The molecule has 2 bridgehead atoms. The van der Waals surface area contributed by atoms with E-state index in [9.17, 15) is 35.1 Å². The molecule has 1 aromatic rings. The predicted octanol–water partition coefficient (Wildman–Crippen LogP) is 0.860. The van der Waals surface area contributed by atoms with E-state index < -0.39 is 76.8 Å². The molecular weight excluding hydrogens is 468 g/mol. The Labute approximate surface area is 209 Å². The zero-order chi connectivity index (χ0) is 26.5. The lowest BCUT2D eigenvalue weighted by molar-refractivity contribution is -0.340. The van der Waals surface area contributed by atoms with Crippen LogP contribution in [0.3, 0.4) is 0 Å². The summed E-state index contributed by atoms with van der Waals surface area (Å²) in [6.45, 7) is 5.62. The third kappa shape index (κ3) is 2.67. The summed E-state index contributed by atoms with van der Waals surface area (Å²) >= 11 is 0. The number of esters is 2. The zero-order valence-electron chi connectivity index (χ0n) is 20.9. The zero-order valence-corrected chi connectivity index (χ0v) is 20.9. The number of hydrogen-bond donors (Lipinski definition) is 5. The van der Waals surface area contributed by atoms with E-state index in [1.165, 1.54) is 6.92 Å². The van der Waals surface area contributed by atoms with Crippen molar-refractivity contribution < 1.29 is 44.6 Å². The van der Waals surface area contributed by atoms with Crippen molar-refractivity contribution in [1.82, 2.24) is 0 Å². The van der Waals surface area contributed by atoms with Gasteiger partial charge in [-0.3, -0.25) is 0 Å². The number of ether oxygens (including phenoxy) is 2. The van der Waals surface area contributed by atoms with E-state index >= 15 is 0 Å². The van der Waals surface area contributed by atoms with E-state index in [0.29, 0.717) is 24.0 Å². The number of rotatable bonds is 3. The Balaban J connectivity index is 1.84. The van der Waals surface area contributed by atoms with Crippen molar-refractivity contribution in [2.45, 2.75) is 82.1 Å². The van der Waals surface area contributed by atoms with Crippen LogP contribution in [-0.4, -0.2) is 79.2 Å². The third-order valence-electron chi connectivity index (χ3n) is 9.81. The summed E-state index contributed by atoms with van der Waals surface area (Å²) in [6.07, 6.45) is -4.02. The highest BCUT2D eigenvalue weighted by Crippen LogP contribution is 2.74. The average Bonchev–Trinajstić information content (AvgIpc) is 3.20. The average molecular weight is 503 g/mol. The summed E-state index contributed by atoms with van der Waals surface area (Å²) < 4.78 is 12.1. The molecule has 1 heterocycles. The lowest BCUT2D eigenvalue weighted by Crippen LogP contribution is -2.85. The van der Waals surface area contributed by atoms with Gasteiger partial charge in [-0.1, -0.05) is 30.7 Å². The summed E-state index contributed by atoms with van der Waals surface area (Å²) in [7, 11) is 0. The van der Waals surface area contributed by atoms with Crippen molar-refractivity contribution in [3.8, 4) is 0 Å². The number of carbonyl (C=O) groups excluding carboxylic acids is 2. The van der Waals surface area contributed by atoms with Crippen molar-refractivity contribution in [1.29, 1.82) is 0 Å². The predicted molar refractivity (Wildman–Crippen MR) is 125 cm³/mol. The molecule has 0 aromatic heterocycles. The second-order valence-electron chi connectivity index (χ2n) is 11.6. The van der Waals surface area contributed by atoms with Gasteiger partial charge in [0.15, 0.2) is 5.60 Å². The van der Waals surface area contributed by atoms with Gasteiger partial charge in [0.05, 0.1) is 29.8 Å². The smallest absolute Gasteiger partial charge is 0.343 e. The molecule has 1 saturated heterocycles. The Kier molecular flexibility index (Phi) is 5.36. The number of aliphatic hydroxyl groups is 5. The molecule has 3 aliphatic carbocycles. The Morgan fingerprint density at radius 3 is 2.36 bits per heavy atom. The van der Waals surface area contributed by atoms with E-state index in [4.69, 9.17) is 9.47 Å². The Hall–Kier alpha value is -2.30. The van der Waals surface area contributed by atoms with E-state index in [2.05, 4.69) is 0 Å². The van der Waals surface area contributed by atoms with Gasteiger partial charge < -0.3 is 35.0 Å². The maximum Gasteiger partial charge on any atom is 0.343 e. The van der Waals surface area contributed by atoms with Gasteiger partial charge in [0.2, 0.25) is 0 Å².